The van der Waals surface area contributed by atoms with E-state index in [1.165, 1.54) is 26.1 Å². The second kappa shape index (κ2) is 12.8. The Morgan fingerprint density at radius 3 is 2.43 bits per heavy atom. The maximum Gasteiger partial charge on any atom is 0.410 e. The largest absolute Gasteiger partial charge is 0.497 e. The molecule has 0 bridgehead atoms. The minimum atomic E-state index is -4.01. The number of aromatic nitrogens is 1. The Balaban J connectivity index is 1.23. The first-order chi connectivity index (χ1) is 25.1. The van der Waals surface area contributed by atoms with E-state index in [0.717, 1.165) is 69.9 Å². The van der Waals surface area contributed by atoms with Crippen LogP contribution in [0.15, 0.2) is 36.4 Å². The molecule has 13 heteroatoms. The molecule has 3 aromatic rings. The molecular formula is C40H51N5O7S. The first-order valence-corrected chi connectivity index (χ1v) is 20.4. The van der Waals surface area contributed by atoms with Crippen LogP contribution in [-0.2, 0) is 26.3 Å². The fraction of sp³-hybridized carbons (Fsp3) is 0.575. The summed E-state index contributed by atoms with van der Waals surface area (Å²) in [5.74, 6) is 0.596. The van der Waals surface area contributed by atoms with Crippen LogP contribution in [0.5, 0.6) is 5.75 Å². The molecule has 0 radical (unpaired) electrons. The second-order valence-electron chi connectivity index (χ2n) is 17.0. The summed E-state index contributed by atoms with van der Waals surface area (Å²) < 4.78 is 42.2. The molecule has 53 heavy (non-hydrogen) atoms. The Labute approximate surface area is 311 Å². The van der Waals surface area contributed by atoms with Crippen molar-refractivity contribution in [2.45, 2.75) is 95.7 Å². The van der Waals surface area contributed by atoms with Crippen molar-refractivity contribution in [1.82, 2.24) is 23.4 Å². The van der Waals surface area contributed by atoms with Crippen LogP contribution in [-0.4, -0.2) is 97.5 Å². The Kier molecular flexibility index (Phi) is 8.64. The Hall–Kier alpha value is -4.10. The average Bonchev–Trinajstić information content (AvgIpc) is 3.34. The number of methoxy groups -OCH3 is 1. The summed E-state index contributed by atoms with van der Waals surface area (Å²) in [6.07, 6.45) is 6.76. The van der Waals surface area contributed by atoms with Gasteiger partial charge in [-0.2, -0.15) is 12.7 Å². The van der Waals surface area contributed by atoms with Crippen LogP contribution >= 0.6 is 0 Å². The summed E-state index contributed by atoms with van der Waals surface area (Å²) in [7, 11) is 0.407. The fourth-order valence-corrected chi connectivity index (χ4v) is 10.2. The third-order valence-electron chi connectivity index (χ3n) is 12.4. The van der Waals surface area contributed by atoms with Crippen LogP contribution in [0.4, 0.5) is 4.79 Å². The van der Waals surface area contributed by atoms with Gasteiger partial charge in [-0.15, -0.1) is 0 Å². The van der Waals surface area contributed by atoms with Crippen LogP contribution in [0.3, 0.4) is 0 Å². The Morgan fingerprint density at radius 2 is 1.74 bits per heavy atom. The molecule has 5 aliphatic rings. The van der Waals surface area contributed by atoms with Gasteiger partial charge in [0.15, 0.2) is 0 Å². The lowest BCUT2D eigenvalue weighted by atomic mass is 9.81. The lowest BCUT2D eigenvalue weighted by Gasteiger charge is -2.29. The number of ether oxygens (including phenoxy) is 2. The Bertz CT molecular complexity index is 2110. The zero-order valence-corrected chi connectivity index (χ0v) is 32.4. The molecule has 4 heterocycles. The first kappa shape index (κ1) is 35.9. The number of amides is 3. The maximum absolute atomic E-state index is 15.1. The normalized spacial score (nSPS) is 25.4. The van der Waals surface area contributed by atoms with Gasteiger partial charge in [0.2, 0.25) is 5.91 Å². The number of fused-ring (bicyclic) bond motifs is 8. The molecule has 0 spiro atoms. The average molecular weight is 746 g/mol. The molecular weight excluding hydrogens is 695 g/mol. The number of hydrogen-bond donors (Lipinski definition) is 1. The van der Waals surface area contributed by atoms with Crippen molar-refractivity contribution in [2.24, 2.45) is 11.3 Å². The summed E-state index contributed by atoms with van der Waals surface area (Å²) in [6, 6.07) is 11.6. The standard InChI is InChI=1S/C40H51N5O7S/c1-39(2,3)52-38(48)44-17-16-26-21-43(22-33(26)44)37(47)40-20-31(40)30-19-27(51-6)13-15-28(30)35-34(24-10-8-7-9-11-24)29-14-12-25(18-32(29)45(35)23-40)36(46)41-53(49,50)42(4)5/h12-15,18-19,24,26,31,33H,7-11,16-17,20-23H2,1-6H3,(H,41,46). The molecule has 3 amide bonds. The van der Waals surface area contributed by atoms with Gasteiger partial charge in [0, 0.05) is 74.1 Å². The molecule has 2 saturated heterocycles. The van der Waals surface area contributed by atoms with Gasteiger partial charge >= 0.3 is 16.3 Å². The summed E-state index contributed by atoms with van der Waals surface area (Å²) in [4.78, 5) is 45.5. The van der Waals surface area contributed by atoms with E-state index in [0.29, 0.717) is 38.5 Å². The molecule has 8 rings (SSSR count). The molecule has 284 valence electrons. The minimum absolute atomic E-state index is 0.0339. The molecule has 1 N–H and O–H groups in total. The molecule has 4 fully saturated rings. The Morgan fingerprint density at radius 1 is 0.981 bits per heavy atom. The van der Waals surface area contributed by atoms with Crippen LogP contribution in [0, 0.1) is 11.3 Å². The predicted octanol–water partition coefficient (Wildman–Crippen LogP) is 5.86. The van der Waals surface area contributed by atoms with Gasteiger partial charge in [0.05, 0.1) is 24.3 Å². The zero-order valence-electron chi connectivity index (χ0n) is 31.6. The van der Waals surface area contributed by atoms with Crippen LogP contribution < -0.4 is 9.46 Å². The van der Waals surface area contributed by atoms with Crippen LogP contribution in [0.1, 0.15) is 99.0 Å². The number of nitrogens with zero attached hydrogens (tertiary/aromatic N) is 4. The second-order valence-corrected chi connectivity index (χ2v) is 18.9. The molecule has 3 aliphatic heterocycles. The highest BCUT2D eigenvalue weighted by atomic mass is 32.2. The first-order valence-electron chi connectivity index (χ1n) is 19.0. The van der Waals surface area contributed by atoms with E-state index in [2.05, 4.69) is 21.4 Å². The van der Waals surface area contributed by atoms with E-state index in [9.17, 15) is 18.0 Å². The van der Waals surface area contributed by atoms with E-state index in [1.807, 2.05) is 42.7 Å². The molecule has 2 aliphatic carbocycles. The monoisotopic (exact) mass is 745 g/mol. The number of carbonyl (C=O) groups is 3. The number of rotatable bonds is 6. The maximum atomic E-state index is 15.1. The van der Waals surface area contributed by atoms with E-state index in [-0.39, 0.29) is 35.4 Å². The number of nitrogens with one attached hydrogen (secondary N) is 1. The third kappa shape index (κ3) is 6.07. The van der Waals surface area contributed by atoms with Gasteiger partial charge < -0.3 is 23.8 Å². The highest BCUT2D eigenvalue weighted by Crippen LogP contribution is 2.66. The van der Waals surface area contributed by atoms with Gasteiger partial charge in [-0.3, -0.25) is 9.59 Å². The van der Waals surface area contributed by atoms with Crippen LogP contribution in [0.2, 0.25) is 0 Å². The smallest absolute Gasteiger partial charge is 0.410 e. The number of benzene rings is 2. The third-order valence-corrected chi connectivity index (χ3v) is 13.8. The summed E-state index contributed by atoms with van der Waals surface area (Å²) in [5.41, 5.74) is 4.23. The number of carbonyl (C=O) groups excluding carboxylic acids is 3. The molecule has 1 aromatic heterocycles. The molecule has 4 unspecified atom stereocenters. The van der Waals surface area contributed by atoms with E-state index < -0.39 is 27.1 Å². The highest BCUT2D eigenvalue weighted by molar-refractivity contribution is 7.87. The van der Waals surface area contributed by atoms with Crippen molar-refractivity contribution in [3.63, 3.8) is 0 Å². The van der Waals surface area contributed by atoms with E-state index in [4.69, 9.17) is 9.47 Å². The predicted molar refractivity (Wildman–Crippen MR) is 201 cm³/mol. The van der Waals surface area contributed by atoms with E-state index in [1.54, 1.807) is 19.2 Å². The van der Waals surface area contributed by atoms with Gasteiger partial charge in [0.25, 0.3) is 5.91 Å². The molecule has 12 nitrogen and oxygen atoms in total. The van der Waals surface area contributed by atoms with E-state index >= 15 is 4.79 Å². The van der Waals surface area contributed by atoms with Gasteiger partial charge in [0.1, 0.15) is 11.4 Å². The van der Waals surface area contributed by atoms with Crippen molar-refractivity contribution < 1.29 is 32.3 Å². The van der Waals surface area contributed by atoms with Gasteiger partial charge in [-0.1, -0.05) is 25.3 Å². The fourth-order valence-electron chi connectivity index (χ4n) is 9.68. The molecule has 2 saturated carbocycles. The topological polar surface area (TPSA) is 130 Å². The molecule has 2 aromatic carbocycles. The number of likely N-dealkylation sites (tertiary alicyclic amines) is 2. The SMILES string of the molecule is COc1ccc2c(c1)C1CC1(C(=O)N1CC3CCN(C(=O)OC(C)(C)C)C3C1)Cn1c-2c(C2CCCCC2)c2ccc(C(=O)NS(=O)(=O)N(C)C)cc21. The molecule has 4 atom stereocenters. The van der Waals surface area contributed by atoms with Crippen LogP contribution in [0.25, 0.3) is 22.2 Å². The summed E-state index contributed by atoms with van der Waals surface area (Å²) in [5, 5.41) is 1.03. The lowest BCUT2D eigenvalue weighted by Crippen LogP contribution is -2.44. The minimum Gasteiger partial charge on any atom is -0.497 e. The van der Waals surface area contributed by atoms with Crippen molar-refractivity contribution >= 4 is 39.0 Å². The van der Waals surface area contributed by atoms with Gasteiger partial charge in [-0.25, -0.2) is 9.52 Å². The summed E-state index contributed by atoms with van der Waals surface area (Å²) in [6.45, 7) is 7.73. The lowest BCUT2D eigenvalue weighted by molar-refractivity contribution is -0.137. The summed E-state index contributed by atoms with van der Waals surface area (Å²) >= 11 is 0. The van der Waals surface area contributed by atoms with Crippen molar-refractivity contribution in [3.8, 4) is 17.0 Å². The van der Waals surface area contributed by atoms with Crippen molar-refractivity contribution in [1.29, 1.82) is 0 Å². The van der Waals surface area contributed by atoms with Gasteiger partial charge in [-0.05, 0) is 93.8 Å². The zero-order chi connectivity index (χ0) is 37.6. The number of hydrogen-bond acceptors (Lipinski definition) is 7. The quantitative estimate of drug-likeness (QED) is 0.335. The van der Waals surface area contributed by atoms with Crippen molar-refractivity contribution in [2.75, 3.05) is 40.8 Å². The highest BCUT2D eigenvalue weighted by Gasteiger charge is 2.65. The van der Waals surface area contributed by atoms with Crippen molar-refractivity contribution in [3.05, 3.63) is 53.1 Å².